The van der Waals surface area contributed by atoms with E-state index in [1.54, 1.807) is 0 Å². The summed E-state index contributed by atoms with van der Waals surface area (Å²) in [5.74, 6) is 1.91. The number of rotatable bonds is 7. The Bertz CT molecular complexity index is 2300. The van der Waals surface area contributed by atoms with Crippen LogP contribution in [0.5, 0.6) is 0 Å². The maximum Gasteiger partial charge on any atom is 0.164 e. The van der Waals surface area contributed by atoms with Crippen molar-refractivity contribution in [2.45, 2.75) is 0 Å². The van der Waals surface area contributed by atoms with Gasteiger partial charge in [0.25, 0.3) is 0 Å². The van der Waals surface area contributed by atoms with Crippen LogP contribution < -0.4 is 0 Å². The highest BCUT2D eigenvalue weighted by Crippen LogP contribution is 2.34. The lowest BCUT2D eigenvalue weighted by Crippen LogP contribution is -2.01. The maximum atomic E-state index is 5.08. The van der Waals surface area contributed by atoms with Gasteiger partial charge in [-0.15, -0.1) is 0 Å². The molecular weight excluding hydrogens is 583 g/mol. The van der Waals surface area contributed by atoms with Crippen LogP contribution in [0.25, 0.3) is 78.7 Å². The minimum atomic E-state index is 0.634. The molecule has 0 aliphatic rings. The predicted octanol–water partition coefficient (Wildman–Crippen LogP) is 11.5. The van der Waals surface area contributed by atoms with E-state index in [1.165, 1.54) is 16.7 Å². The lowest BCUT2D eigenvalue weighted by Gasteiger charge is -2.12. The highest BCUT2D eigenvalue weighted by Gasteiger charge is 2.16. The summed E-state index contributed by atoms with van der Waals surface area (Å²) in [7, 11) is 0. The van der Waals surface area contributed by atoms with Gasteiger partial charge in [0.05, 0.1) is 0 Å². The van der Waals surface area contributed by atoms with Crippen molar-refractivity contribution in [1.82, 2.24) is 15.0 Å². The minimum absolute atomic E-state index is 0.634. The zero-order valence-corrected chi connectivity index (χ0v) is 26.2. The fourth-order valence-corrected chi connectivity index (χ4v) is 6.07. The average Bonchev–Trinajstić information content (AvgIpc) is 3.19. The first-order valence-electron chi connectivity index (χ1n) is 16.1. The van der Waals surface area contributed by atoms with E-state index in [-0.39, 0.29) is 0 Å². The molecule has 3 nitrogen and oxygen atoms in total. The van der Waals surface area contributed by atoms with Gasteiger partial charge >= 0.3 is 0 Å². The molecule has 7 aromatic carbocycles. The van der Waals surface area contributed by atoms with Crippen LogP contribution in [0, 0.1) is 0 Å². The Morgan fingerprint density at radius 1 is 0.208 bits per heavy atom. The molecule has 0 spiro atoms. The molecule has 0 radical (unpaired) electrons. The van der Waals surface area contributed by atoms with Crippen LogP contribution in [0.2, 0.25) is 0 Å². The molecule has 0 bridgehead atoms. The number of aromatic nitrogens is 3. The van der Waals surface area contributed by atoms with E-state index in [0.29, 0.717) is 17.5 Å². The molecule has 8 aromatic rings. The Hall–Kier alpha value is -6.45. The Kier molecular flexibility index (Phi) is 7.92. The third-order valence-electron chi connectivity index (χ3n) is 8.58. The van der Waals surface area contributed by atoms with Crippen LogP contribution in [0.15, 0.2) is 188 Å². The van der Waals surface area contributed by atoms with Crippen molar-refractivity contribution < 1.29 is 0 Å². The zero-order valence-electron chi connectivity index (χ0n) is 26.2. The second kappa shape index (κ2) is 13.1. The largest absolute Gasteiger partial charge is 0.208 e. The van der Waals surface area contributed by atoms with Crippen LogP contribution in [0.1, 0.15) is 0 Å². The van der Waals surface area contributed by atoms with Gasteiger partial charge in [0.15, 0.2) is 17.5 Å². The normalized spacial score (nSPS) is 10.9. The van der Waals surface area contributed by atoms with Gasteiger partial charge in [-0.05, 0) is 50.6 Å². The van der Waals surface area contributed by atoms with Crippen LogP contribution in [-0.4, -0.2) is 15.0 Å². The van der Waals surface area contributed by atoms with E-state index < -0.39 is 0 Å². The van der Waals surface area contributed by atoms with Crippen LogP contribution in [0.4, 0.5) is 0 Å². The van der Waals surface area contributed by atoms with Gasteiger partial charge in [0.2, 0.25) is 0 Å². The average molecular weight is 614 g/mol. The Labute approximate surface area is 280 Å². The lowest BCUT2D eigenvalue weighted by atomic mass is 9.98. The molecule has 0 aliphatic carbocycles. The molecule has 1 aromatic heterocycles. The summed E-state index contributed by atoms with van der Waals surface area (Å²) < 4.78 is 0. The first-order valence-corrected chi connectivity index (χ1v) is 16.1. The molecule has 0 fully saturated rings. The molecular formula is C45H31N3. The number of hydrogen-bond donors (Lipinski definition) is 0. The Balaban J connectivity index is 1.21. The molecule has 1 heterocycles. The zero-order chi connectivity index (χ0) is 32.1. The number of benzene rings is 7. The quantitative estimate of drug-likeness (QED) is 0.179. The predicted molar refractivity (Wildman–Crippen MR) is 198 cm³/mol. The summed E-state index contributed by atoms with van der Waals surface area (Å²) >= 11 is 0. The molecule has 0 aliphatic heterocycles. The fourth-order valence-electron chi connectivity index (χ4n) is 6.07. The second-order valence-corrected chi connectivity index (χ2v) is 11.7. The fraction of sp³-hybridized carbons (Fsp3) is 0. The molecule has 226 valence electrons. The molecule has 0 amide bonds. The molecule has 0 saturated carbocycles. The highest BCUT2D eigenvalue weighted by atomic mass is 15.0. The molecule has 0 atom stereocenters. The molecule has 0 unspecified atom stereocenters. The summed E-state index contributed by atoms with van der Waals surface area (Å²) in [5.41, 5.74) is 12.0. The van der Waals surface area contributed by atoms with Crippen LogP contribution in [-0.2, 0) is 0 Å². The summed E-state index contributed by atoms with van der Waals surface area (Å²) in [4.78, 5) is 15.2. The van der Waals surface area contributed by atoms with Gasteiger partial charge in [-0.1, -0.05) is 182 Å². The van der Waals surface area contributed by atoms with Gasteiger partial charge in [-0.3, -0.25) is 0 Å². The third-order valence-corrected chi connectivity index (χ3v) is 8.58. The molecule has 48 heavy (non-hydrogen) atoms. The molecule has 0 N–H and O–H groups in total. The van der Waals surface area contributed by atoms with Gasteiger partial charge in [-0.25, -0.2) is 15.0 Å². The van der Waals surface area contributed by atoms with Crippen molar-refractivity contribution >= 4 is 0 Å². The van der Waals surface area contributed by atoms with Crippen molar-refractivity contribution in [3.8, 4) is 78.7 Å². The van der Waals surface area contributed by atoms with E-state index in [1.807, 2.05) is 24.3 Å². The molecule has 3 heteroatoms. The van der Waals surface area contributed by atoms with Crippen molar-refractivity contribution in [3.05, 3.63) is 188 Å². The summed E-state index contributed by atoms with van der Waals surface area (Å²) in [6.45, 7) is 0. The smallest absolute Gasteiger partial charge is 0.164 e. The van der Waals surface area contributed by atoms with Gasteiger partial charge in [-0.2, -0.15) is 0 Å². The van der Waals surface area contributed by atoms with Crippen molar-refractivity contribution in [3.63, 3.8) is 0 Å². The Morgan fingerprint density at radius 3 is 1.06 bits per heavy atom. The van der Waals surface area contributed by atoms with E-state index in [2.05, 4.69) is 164 Å². The van der Waals surface area contributed by atoms with Crippen molar-refractivity contribution in [2.75, 3.05) is 0 Å². The Morgan fingerprint density at radius 2 is 0.542 bits per heavy atom. The summed E-state index contributed by atoms with van der Waals surface area (Å²) in [6, 6.07) is 65.2. The van der Waals surface area contributed by atoms with Crippen LogP contribution >= 0.6 is 0 Å². The highest BCUT2D eigenvalue weighted by molar-refractivity contribution is 5.82. The molecule has 0 saturated heterocycles. The monoisotopic (exact) mass is 613 g/mol. The van der Waals surface area contributed by atoms with Crippen molar-refractivity contribution in [2.24, 2.45) is 0 Å². The van der Waals surface area contributed by atoms with Crippen molar-refractivity contribution in [1.29, 1.82) is 0 Å². The summed E-state index contributed by atoms with van der Waals surface area (Å²) in [5, 5.41) is 0. The number of hydrogen-bond acceptors (Lipinski definition) is 3. The standard InChI is InChI=1S/C45H31N3/c1-4-13-32(14-5-1)34-23-27-37(28-24-34)43-46-44(48-45(47-43)42-22-11-10-21-41(42)36-17-8-3-9-18-36)38-29-25-35(26-30-38)40-20-12-19-39(31-40)33-15-6-2-7-16-33/h1-31H. The van der Waals surface area contributed by atoms with Gasteiger partial charge < -0.3 is 0 Å². The summed E-state index contributed by atoms with van der Waals surface area (Å²) in [6.07, 6.45) is 0. The van der Waals surface area contributed by atoms with E-state index in [4.69, 9.17) is 15.0 Å². The third kappa shape index (κ3) is 6.05. The minimum Gasteiger partial charge on any atom is -0.208 e. The molecule has 8 rings (SSSR count). The second-order valence-electron chi connectivity index (χ2n) is 11.7. The van der Waals surface area contributed by atoms with E-state index in [0.717, 1.165) is 44.5 Å². The SMILES string of the molecule is c1ccc(-c2ccc(-c3nc(-c4ccc(-c5cccc(-c6ccccc6)c5)cc4)nc(-c4ccccc4-c4ccccc4)n3)cc2)cc1. The number of nitrogens with zero attached hydrogens (tertiary/aromatic N) is 3. The first-order chi connectivity index (χ1) is 23.8. The van der Waals surface area contributed by atoms with Gasteiger partial charge in [0, 0.05) is 16.7 Å². The van der Waals surface area contributed by atoms with Crippen LogP contribution in [0.3, 0.4) is 0 Å². The maximum absolute atomic E-state index is 5.08. The lowest BCUT2D eigenvalue weighted by molar-refractivity contribution is 1.07. The van der Waals surface area contributed by atoms with Gasteiger partial charge in [0.1, 0.15) is 0 Å². The van der Waals surface area contributed by atoms with E-state index in [9.17, 15) is 0 Å². The first kappa shape index (κ1) is 29.0. The topological polar surface area (TPSA) is 38.7 Å². The van der Waals surface area contributed by atoms with E-state index >= 15 is 0 Å².